The molecule has 0 bridgehead atoms. The summed E-state index contributed by atoms with van der Waals surface area (Å²) < 4.78 is 6.90. The maximum Gasteiger partial charge on any atom is 0.335 e. The molecule has 16 heteroatoms. The van der Waals surface area contributed by atoms with Crippen LogP contribution in [0.1, 0.15) is 11.9 Å². The summed E-state index contributed by atoms with van der Waals surface area (Å²) in [7, 11) is 0. The van der Waals surface area contributed by atoms with E-state index in [2.05, 4.69) is 25.3 Å². The molecule has 4 heterocycles. The number of hydrogen-bond acceptors (Lipinski definition) is 13. The first kappa shape index (κ1) is 23.1. The Morgan fingerprint density at radius 3 is 2.82 bits per heavy atom. The van der Waals surface area contributed by atoms with Crippen molar-refractivity contribution >= 4 is 57.1 Å². The molecule has 1 fully saturated rings. The highest BCUT2D eigenvalue weighted by molar-refractivity contribution is 7.98. The SMILES string of the molecule is Nc1nc(CSCC(N)C(=O)N[C@H]2[C@@H](O)[C@H](n3cnc4c(N)ncnc43)O[C@@H]2C(=O)O)cs1. The molecule has 1 amide bonds. The van der Waals surface area contributed by atoms with Gasteiger partial charge in [-0.2, -0.15) is 11.8 Å². The van der Waals surface area contributed by atoms with Crippen LogP contribution in [0.4, 0.5) is 10.9 Å². The van der Waals surface area contributed by atoms with Gasteiger partial charge in [0.2, 0.25) is 5.91 Å². The monoisotopic (exact) mass is 495 g/mol. The number of nitrogens with zero attached hydrogens (tertiary/aromatic N) is 5. The van der Waals surface area contributed by atoms with E-state index in [9.17, 15) is 19.8 Å². The molecule has 0 saturated carbocycles. The molecule has 33 heavy (non-hydrogen) atoms. The molecule has 0 radical (unpaired) electrons. The van der Waals surface area contributed by atoms with Gasteiger partial charge in [-0.1, -0.05) is 0 Å². The summed E-state index contributed by atoms with van der Waals surface area (Å²) in [6.45, 7) is 0. The largest absolute Gasteiger partial charge is 0.479 e. The molecule has 0 aliphatic carbocycles. The van der Waals surface area contributed by atoms with Gasteiger partial charge in [-0.15, -0.1) is 11.3 Å². The van der Waals surface area contributed by atoms with Crippen LogP contribution in [-0.4, -0.2) is 76.6 Å². The molecule has 1 unspecified atom stereocenters. The zero-order valence-corrected chi connectivity index (χ0v) is 18.6. The first-order valence-corrected chi connectivity index (χ1v) is 11.6. The van der Waals surface area contributed by atoms with E-state index < -0.39 is 42.4 Å². The van der Waals surface area contributed by atoms with E-state index in [0.717, 1.165) is 5.69 Å². The van der Waals surface area contributed by atoms with Crippen molar-refractivity contribution in [3.05, 3.63) is 23.7 Å². The van der Waals surface area contributed by atoms with Gasteiger partial charge in [0.25, 0.3) is 0 Å². The van der Waals surface area contributed by atoms with Crippen molar-refractivity contribution in [2.45, 2.75) is 36.3 Å². The van der Waals surface area contributed by atoms with Crippen LogP contribution in [0, 0.1) is 0 Å². The zero-order chi connectivity index (χ0) is 23.7. The number of thioether (sulfide) groups is 1. The van der Waals surface area contributed by atoms with Gasteiger partial charge < -0.3 is 37.5 Å². The third-order valence-corrected chi connectivity index (χ3v) is 6.76. The van der Waals surface area contributed by atoms with E-state index >= 15 is 0 Å². The summed E-state index contributed by atoms with van der Waals surface area (Å²) >= 11 is 2.70. The molecule has 0 aromatic carbocycles. The number of aliphatic carboxylic acids is 1. The summed E-state index contributed by atoms with van der Waals surface area (Å²) in [5.41, 5.74) is 18.6. The van der Waals surface area contributed by atoms with Crippen molar-refractivity contribution in [1.29, 1.82) is 0 Å². The maximum absolute atomic E-state index is 12.6. The minimum absolute atomic E-state index is 0.120. The quantitative estimate of drug-likeness (QED) is 0.210. The Hall–Kier alpha value is -3.05. The number of rotatable bonds is 8. The normalized spacial score (nSPS) is 23.6. The Morgan fingerprint density at radius 2 is 2.12 bits per heavy atom. The summed E-state index contributed by atoms with van der Waals surface area (Å²) in [4.78, 5) is 40.5. The second kappa shape index (κ2) is 9.44. The van der Waals surface area contributed by atoms with E-state index in [1.54, 1.807) is 0 Å². The molecular formula is C17H21N9O5S2. The van der Waals surface area contributed by atoms with Crippen molar-refractivity contribution in [1.82, 2.24) is 29.8 Å². The molecule has 0 spiro atoms. The molecule has 176 valence electrons. The minimum atomic E-state index is -1.52. The molecule has 1 saturated heterocycles. The lowest BCUT2D eigenvalue weighted by atomic mass is 10.1. The van der Waals surface area contributed by atoms with E-state index in [-0.39, 0.29) is 22.7 Å². The topological polar surface area (TPSA) is 230 Å². The Labute approximate surface area is 194 Å². The number of nitrogens with two attached hydrogens (primary N) is 3. The number of amides is 1. The Bertz CT molecular complexity index is 1170. The van der Waals surface area contributed by atoms with Gasteiger partial charge in [0, 0.05) is 16.9 Å². The van der Waals surface area contributed by atoms with Crippen molar-refractivity contribution in [2.24, 2.45) is 5.73 Å². The molecule has 5 atom stereocenters. The molecule has 9 N–H and O–H groups in total. The number of carboxylic acid groups (broad SMARTS) is 1. The Morgan fingerprint density at radius 1 is 1.33 bits per heavy atom. The molecular weight excluding hydrogens is 474 g/mol. The zero-order valence-electron chi connectivity index (χ0n) is 16.9. The predicted octanol–water partition coefficient (Wildman–Crippen LogP) is -1.46. The number of ether oxygens (including phenoxy) is 1. The van der Waals surface area contributed by atoms with Gasteiger partial charge in [-0.25, -0.2) is 24.7 Å². The number of anilines is 2. The number of aliphatic hydroxyl groups is 1. The van der Waals surface area contributed by atoms with Gasteiger partial charge >= 0.3 is 5.97 Å². The molecule has 3 aromatic rings. The number of nitrogens with one attached hydrogen (secondary N) is 1. The lowest BCUT2D eigenvalue weighted by Crippen LogP contribution is -2.54. The van der Waals surface area contributed by atoms with Gasteiger partial charge in [-0.3, -0.25) is 9.36 Å². The molecule has 1 aliphatic rings. The maximum atomic E-state index is 12.6. The van der Waals surface area contributed by atoms with E-state index in [1.165, 1.54) is 40.3 Å². The van der Waals surface area contributed by atoms with Crippen LogP contribution >= 0.6 is 23.1 Å². The summed E-state index contributed by atoms with van der Waals surface area (Å²) in [5.74, 6) is -1.10. The van der Waals surface area contributed by atoms with E-state index in [1.807, 2.05) is 5.38 Å². The first-order chi connectivity index (χ1) is 15.8. The summed E-state index contributed by atoms with van der Waals surface area (Å²) in [6.07, 6.45) is -1.62. The highest BCUT2D eigenvalue weighted by Crippen LogP contribution is 2.32. The number of carbonyl (C=O) groups excluding carboxylic acids is 1. The number of hydrogen-bond donors (Lipinski definition) is 6. The number of carbonyl (C=O) groups is 2. The number of thiazole rings is 1. The second-order valence-corrected chi connectivity index (χ2v) is 9.11. The number of imidazole rings is 1. The van der Waals surface area contributed by atoms with Gasteiger partial charge in [-0.05, 0) is 0 Å². The van der Waals surface area contributed by atoms with Gasteiger partial charge in [0.05, 0.1) is 24.1 Å². The fourth-order valence-electron chi connectivity index (χ4n) is 3.36. The Balaban J connectivity index is 1.43. The van der Waals surface area contributed by atoms with E-state index in [0.29, 0.717) is 10.9 Å². The standard InChI is InChI=1S/C17H21N9O5S2/c18-7(3-32-1-6-2-33-17(20)24-6)14(28)25-8-10(27)15(31-11(8)16(29)30)26-5-23-9-12(19)21-4-22-13(9)26/h2,4-5,7-8,10-11,15,27H,1,3,18H2,(H2,20,24)(H,25,28)(H,29,30)(H2,19,21,22)/t7?,8-,10+,11-,15+/m0/s1. The third kappa shape index (κ3) is 4.69. The number of carboxylic acids is 1. The van der Waals surface area contributed by atoms with Gasteiger partial charge in [0.1, 0.15) is 17.9 Å². The number of aliphatic hydroxyl groups excluding tert-OH is 1. The fourth-order valence-corrected chi connectivity index (χ4v) is 4.91. The van der Waals surface area contributed by atoms with Crippen molar-refractivity contribution in [3.63, 3.8) is 0 Å². The lowest BCUT2D eigenvalue weighted by Gasteiger charge is -2.22. The van der Waals surface area contributed by atoms with Crippen LogP contribution in [0.2, 0.25) is 0 Å². The number of fused-ring (bicyclic) bond motifs is 1. The highest BCUT2D eigenvalue weighted by Gasteiger charge is 2.49. The van der Waals surface area contributed by atoms with Crippen LogP contribution in [0.3, 0.4) is 0 Å². The average Bonchev–Trinajstić information content (AvgIpc) is 3.46. The van der Waals surface area contributed by atoms with Crippen molar-refractivity contribution < 1.29 is 24.5 Å². The first-order valence-electron chi connectivity index (χ1n) is 9.59. The fraction of sp³-hybridized carbons (Fsp3) is 0.412. The molecule has 3 aromatic heterocycles. The lowest BCUT2D eigenvalue weighted by molar-refractivity contribution is -0.152. The van der Waals surface area contributed by atoms with E-state index in [4.69, 9.17) is 21.9 Å². The van der Waals surface area contributed by atoms with Gasteiger partial charge in [0.15, 0.2) is 28.9 Å². The van der Waals surface area contributed by atoms with Crippen LogP contribution in [-0.2, 0) is 20.1 Å². The van der Waals surface area contributed by atoms with Crippen LogP contribution in [0.5, 0.6) is 0 Å². The van der Waals surface area contributed by atoms with Crippen LogP contribution < -0.4 is 22.5 Å². The summed E-state index contributed by atoms with van der Waals surface area (Å²) in [5, 5.41) is 25.2. The third-order valence-electron chi connectivity index (χ3n) is 4.94. The molecule has 1 aliphatic heterocycles. The smallest absolute Gasteiger partial charge is 0.335 e. The van der Waals surface area contributed by atoms with Crippen molar-refractivity contribution in [3.8, 4) is 0 Å². The second-order valence-electron chi connectivity index (χ2n) is 7.19. The Kier molecular flexibility index (Phi) is 6.61. The minimum Gasteiger partial charge on any atom is -0.479 e. The van der Waals surface area contributed by atoms with Crippen molar-refractivity contribution in [2.75, 3.05) is 17.2 Å². The molecule has 4 rings (SSSR count). The average molecular weight is 496 g/mol. The highest BCUT2D eigenvalue weighted by atomic mass is 32.2. The predicted molar refractivity (Wildman–Crippen MR) is 120 cm³/mol. The van der Waals surface area contributed by atoms with Crippen LogP contribution in [0.25, 0.3) is 11.2 Å². The van der Waals surface area contributed by atoms with Crippen LogP contribution in [0.15, 0.2) is 18.0 Å². The molecule has 14 nitrogen and oxygen atoms in total. The number of aromatic nitrogens is 5. The number of nitrogen functional groups attached to an aromatic ring is 2. The summed E-state index contributed by atoms with van der Waals surface area (Å²) in [6, 6.07) is -2.21.